The summed E-state index contributed by atoms with van der Waals surface area (Å²) < 4.78 is 5.17. The first-order valence-corrected chi connectivity index (χ1v) is 6.33. The van der Waals surface area contributed by atoms with E-state index in [4.69, 9.17) is 21.4 Å². The molecule has 2 rings (SSSR count). The van der Waals surface area contributed by atoms with E-state index in [1.807, 2.05) is 18.2 Å². The van der Waals surface area contributed by atoms with Gasteiger partial charge in [-0.2, -0.15) is 0 Å². The van der Waals surface area contributed by atoms with Crippen LogP contribution < -0.4 is 4.74 Å². The van der Waals surface area contributed by atoms with Gasteiger partial charge in [0.15, 0.2) is 0 Å². The third-order valence-electron chi connectivity index (χ3n) is 2.78. The molecular weight excluding hydrogens is 276 g/mol. The molecule has 2 aromatic rings. The molecule has 0 aliphatic carbocycles. The second-order valence-corrected chi connectivity index (χ2v) is 4.57. The van der Waals surface area contributed by atoms with Crippen molar-refractivity contribution in [2.75, 3.05) is 7.11 Å². The Kier molecular flexibility index (Phi) is 4.43. The van der Waals surface area contributed by atoms with Crippen LogP contribution in [-0.2, 0) is 4.79 Å². The Hall–Kier alpha value is -2.26. The minimum Gasteiger partial charge on any atom is -0.497 e. The molecule has 0 radical (unpaired) electrons. The molecule has 0 aromatic heterocycles. The van der Waals surface area contributed by atoms with Crippen molar-refractivity contribution in [2.45, 2.75) is 0 Å². The van der Waals surface area contributed by atoms with Gasteiger partial charge in [-0.05, 0) is 41.0 Å². The molecule has 1 N–H and O–H groups in total. The van der Waals surface area contributed by atoms with Crippen LogP contribution in [0.5, 0.6) is 5.75 Å². The van der Waals surface area contributed by atoms with Gasteiger partial charge in [0.1, 0.15) is 5.75 Å². The van der Waals surface area contributed by atoms with Crippen LogP contribution in [0.4, 0.5) is 0 Å². The van der Waals surface area contributed by atoms with Crippen LogP contribution in [0.15, 0.2) is 54.6 Å². The van der Waals surface area contributed by atoms with Gasteiger partial charge in [0, 0.05) is 11.1 Å². The molecule has 102 valence electrons. The number of methoxy groups -OCH3 is 1. The SMILES string of the molecule is COc1cccc(/C(=C\C(=O)O)c2cccc(Cl)c2)c1. The maximum Gasteiger partial charge on any atom is 0.328 e. The summed E-state index contributed by atoms with van der Waals surface area (Å²) >= 11 is 5.97. The zero-order valence-corrected chi connectivity index (χ0v) is 11.6. The molecule has 0 bridgehead atoms. The number of hydrogen-bond acceptors (Lipinski definition) is 2. The monoisotopic (exact) mass is 288 g/mol. The molecule has 0 aliphatic rings. The topological polar surface area (TPSA) is 46.5 Å². The van der Waals surface area contributed by atoms with Crippen LogP contribution in [-0.4, -0.2) is 18.2 Å². The van der Waals surface area contributed by atoms with Gasteiger partial charge in [-0.15, -0.1) is 0 Å². The highest BCUT2D eigenvalue weighted by molar-refractivity contribution is 6.30. The molecule has 0 fully saturated rings. The highest BCUT2D eigenvalue weighted by Gasteiger charge is 2.09. The van der Waals surface area contributed by atoms with Crippen LogP contribution in [0.25, 0.3) is 5.57 Å². The first-order chi connectivity index (χ1) is 9.60. The lowest BCUT2D eigenvalue weighted by Crippen LogP contribution is -1.95. The average Bonchev–Trinajstić information content (AvgIpc) is 2.44. The Labute approximate surface area is 122 Å². The number of carboxylic acid groups (broad SMARTS) is 1. The lowest BCUT2D eigenvalue weighted by atomic mass is 9.97. The van der Waals surface area contributed by atoms with E-state index < -0.39 is 5.97 Å². The highest BCUT2D eigenvalue weighted by atomic mass is 35.5. The number of carboxylic acids is 1. The molecule has 0 heterocycles. The number of benzene rings is 2. The first-order valence-electron chi connectivity index (χ1n) is 5.95. The fraction of sp³-hybridized carbons (Fsp3) is 0.0625. The number of aliphatic carboxylic acids is 1. The smallest absolute Gasteiger partial charge is 0.328 e. The van der Waals surface area contributed by atoms with E-state index in [2.05, 4.69) is 0 Å². The third-order valence-corrected chi connectivity index (χ3v) is 3.02. The van der Waals surface area contributed by atoms with Crippen molar-refractivity contribution in [2.24, 2.45) is 0 Å². The van der Waals surface area contributed by atoms with Crippen molar-refractivity contribution >= 4 is 23.1 Å². The number of carbonyl (C=O) groups is 1. The molecule has 4 heteroatoms. The molecule has 0 spiro atoms. The van der Waals surface area contributed by atoms with Gasteiger partial charge in [0.2, 0.25) is 0 Å². The Morgan fingerprint density at radius 2 is 1.80 bits per heavy atom. The summed E-state index contributed by atoms with van der Waals surface area (Å²) in [4.78, 5) is 11.1. The summed E-state index contributed by atoms with van der Waals surface area (Å²) in [5, 5.41) is 9.62. The molecule has 0 saturated carbocycles. The van der Waals surface area contributed by atoms with Crippen LogP contribution in [0.3, 0.4) is 0 Å². The third kappa shape index (κ3) is 3.39. The number of rotatable bonds is 4. The van der Waals surface area contributed by atoms with Gasteiger partial charge < -0.3 is 9.84 Å². The lowest BCUT2D eigenvalue weighted by Gasteiger charge is -2.09. The largest absolute Gasteiger partial charge is 0.497 e. The second kappa shape index (κ2) is 6.26. The predicted molar refractivity (Wildman–Crippen MR) is 79.2 cm³/mol. The van der Waals surface area contributed by atoms with E-state index in [0.717, 1.165) is 11.1 Å². The van der Waals surface area contributed by atoms with E-state index in [1.54, 1.807) is 37.4 Å². The molecule has 0 amide bonds. The maximum atomic E-state index is 11.1. The maximum absolute atomic E-state index is 11.1. The summed E-state index contributed by atoms with van der Waals surface area (Å²) in [6.07, 6.45) is 1.17. The molecule has 0 atom stereocenters. The number of hydrogen-bond donors (Lipinski definition) is 1. The van der Waals surface area contributed by atoms with Crippen LogP contribution in [0.2, 0.25) is 5.02 Å². The molecule has 2 aromatic carbocycles. The zero-order valence-electron chi connectivity index (χ0n) is 10.8. The Bertz CT molecular complexity index is 662. The fourth-order valence-electron chi connectivity index (χ4n) is 1.90. The van der Waals surface area contributed by atoms with Crippen molar-refractivity contribution in [3.8, 4) is 5.75 Å². The fourth-order valence-corrected chi connectivity index (χ4v) is 2.09. The Balaban J connectivity index is 2.56. The minimum absolute atomic E-state index is 0.557. The van der Waals surface area contributed by atoms with Gasteiger partial charge in [-0.25, -0.2) is 4.79 Å². The number of halogens is 1. The molecular formula is C16H13ClO3. The van der Waals surface area contributed by atoms with Crippen molar-refractivity contribution < 1.29 is 14.6 Å². The van der Waals surface area contributed by atoms with Crippen LogP contribution in [0, 0.1) is 0 Å². The van der Waals surface area contributed by atoms with Gasteiger partial charge in [0.05, 0.1) is 7.11 Å². The van der Waals surface area contributed by atoms with Gasteiger partial charge in [-0.3, -0.25) is 0 Å². The zero-order chi connectivity index (χ0) is 14.5. The van der Waals surface area contributed by atoms with Crippen molar-refractivity contribution in [3.05, 3.63) is 70.8 Å². The normalized spacial score (nSPS) is 11.2. The second-order valence-electron chi connectivity index (χ2n) is 4.14. The van der Waals surface area contributed by atoms with Gasteiger partial charge in [0.25, 0.3) is 0 Å². The first kappa shape index (κ1) is 14.2. The quantitative estimate of drug-likeness (QED) is 0.869. The Morgan fingerprint density at radius 3 is 2.40 bits per heavy atom. The van der Waals surface area contributed by atoms with Crippen LogP contribution >= 0.6 is 11.6 Å². The summed E-state index contributed by atoms with van der Waals surface area (Å²) in [5.41, 5.74) is 2.08. The van der Waals surface area contributed by atoms with E-state index in [1.165, 1.54) is 6.08 Å². The van der Waals surface area contributed by atoms with E-state index in [0.29, 0.717) is 16.3 Å². The predicted octanol–water partition coefficient (Wildman–Crippen LogP) is 3.86. The van der Waals surface area contributed by atoms with Crippen LogP contribution in [0.1, 0.15) is 11.1 Å². The van der Waals surface area contributed by atoms with E-state index in [9.17, 15) is 4.79 Å². The molecule has 3 nitrogen and oxygen atoms in total. The average molecular weight is 289 g/mol. The van der Waals surface area contributed by atoms with Crippen molar-refractivity contribution in [1.82, 2.24) is 0 Å². The van der Waals surface area contributed by atoms with Crippen molar-refractivity contribution in [3.63, 3.8) is 0 Å². The standard InChI is InChI=1S/C16H13ClO3/c1-20-14-7-3-5-12(9-14)15(10-16(18)19)11-4-2-6-13(17)8-11/h2-10H,1H3,(H,18,19)/b15-10-. The van der Waals surface area contributed by atoms with Gasteiger partial charge in [-0.1, -0.05) is 35.9 Å². The minimum atomic E-state index is -1.01. The lowest BCUT2D eigenvalue weighted by molar-refractivity contribution is -0.131. The molecule has 0 saturated heterocycles. The molecule has 0 aliphatic heterocycles. The number of ether oxygens (including phenoxy) is 1. The van der Waals surface area contributed by atoms with Crippen molar-refractivity contribution in [1.29, 1.82) is 0 Å². The van der Waals surface area contributed by atoms with Gasteiger partial charge >= 0.3 is 5.97 Å². The summed E-state index contributed by atoms with van der Waals surface area (Å²) in [6, 6.07) is 14.3. The molecule has 20 heavy (non-hydrogen) atoms. The highest BCUT2D eigenvalue weighted by Crippen LogP contribution is 2.27. The summed E-state index contributed by atoms with van der Waals surface area (Å²) in [5.74, 6) is -0.344. The summed E-state index contributed by atoms with van der Waals surface area (Å²) in [6.45, 7) is 0. The molecule has 0 unspecified atom stereocenters. The summed E-state index contributed by atoms with van der Waals surface area (Å²) in [7, 11) is 1.57. The van der Waals surface area contributed by atoms with E-state index in [-0.39, 0.29) is 0 Å². The van der Waals surface area contributed by atoms with E-state index >= 15 is 0 Å². The Morgan fingerprint density at radius 1 is 1.15 bits per heavy atom.